The van der Waals surface area contributed by atoms with Crippen molar-refractivity contribution in [1.82, 2.24) is 19.7 Å². The van der Waals surface area contributed by atoms with E-state index in [2.05, 4.69) is 11.0 Å². The molecule has 8 heteroatoms. The smallest absolute Gasteiger partial charge is 0.327 e. The second-order valence-corrected chi connectivity index (χ2v) is 7.20. The van der Waals surface area contributed by atoms with Gasteiger partial charge in [-0.1, -0.05) is 18.2 Å². The summed E-state index contributed by atoms with van der Waals surface area (Å²) in [5, 5.41) is 1.10. The molecule has 0 aliphatic carbocycles. The molecule has 2 fully saturated rings. The van der Waals surface area contributed by atoms with Gasteiger partial charge in [0, 0.05) is 38.6 Å². The minimum atomic E-state index is -0.407. The number of likely N-dealkylation sites (N-methyl/N-ethyl adjacent to an activating group) is 1. The number of imide groups is 1. The number of para-hydroxylation sites is 1. The largest absolute Gasteiger partial charge is 0.355 e. The van der Waals surface area contributed by atoms with E-state index in [-0.39, 0.29) is 24.9 Å². The van der Waals surface area contributed by atoms with Crippen LogP contribution in [0.4, 0.5) is 10.6 Å². The first-order valence-electron chi connectivity index (χ1n) is 9.47. The number of rotatable bonds is 3. The average Bonchev–Trinajstić information content (AvgIpc) is 2.88. The molecule has 28 heavy (non-hydrogen) atoms. The number of anilines is 1. The molecule has 0 bridgehead atoms. The molecule has 2 aromatic rings. The average molecular weight is 381 g/mol. The van der Waals surface area contributed by atoms with Crippen molar-refractivity contribution in [3.8, 4) is 0 Å². The Balaban J connectivity index is 1.41. The van der Waals surface area contributed by atoms with Crippen LogP contribution in [0.15, 0.2) is 36.4 Å². The predicted molar refractivity (Wildman–Crippen MR) is 105 cm³/mol. The van der Waals surface area contributed by atoms with E-state index in [0.29, 0.717) is 19.6 Å². The molecule has 0 N–H and O–H groups in total. The summed E-state index contributed by atoms with van der Waals surface area (Å²) in [6, 6.07) is 11.7. The Morgan fingerprint density at radius 3 is 2.64 bits per heavy atom. The Morgan fingerprint density at radius 2 is 1.86 bits per heavy atom. The van der Waals surface area contributed by atoms with Gasteiger partial charge in [-0.05, 0) is 24.6 Å². The summed E-state index contributed by atoms with van der Waals surface area (Å²) in [6.45, 7) is 2.47. The fraction of sp³-hybridized carbons (Fsp3) is 0.400. The highest BCUT2D eigenvalue weighted by molar-refractivity contribution is 6.04. The van der Waals surface area contributed by atoms with Gasteiger partial charge in [-0.15, -0.1) is 0 Å². The summed E-state index contributed by atoms with van der Waals surface area (Å²) in [5.41, 5.74) is 0.951. The topological polar surface area (TPSA) is 77.1 Å². The van der Waals surface area contributed by atoms with Crippen LogP contribution in [-0.4, -0.2) is 83.8 Å². The monoisotopic (exact) mass is 381 g/mol. The zero-order chi connectivity index (χ0) is 19.7. The van der Waals surface area contributed by atoms with E-state index in [1.165, 1.54) is 4.90 Å². The van der Waals surface area contributed by atoms with E-state index in [1.54, 1.807) is 11.9 Å². The van der Waals surface area contributed by atoms with Crippen molar-refractivity contribution in [2.24, 2.45) is 0 Å². The maximum absolute atomic E-state index is 12.6. The number of fused-ring (bicyclic) bond motifs is 1. The lowest BCUT2D eigenvalue weighted by Crippen LogP contribution is -2.44. The summed E-state index contributed by atoms with van der Waals surface area (Å²) in [5.74, 6) is 0.391. The minimum Gasteiger partial charge on any atom is -0.355 e. The van der Waals surface area contributed by atoms with Gasteiger partial charge in [0.1, 0.15) is 18.9 Å². The number of amides is 4. The molecule has 8 nitrogen and oxygen atoms in total. The summed E-state index contributed by atoms with van der Waals surface area (Å²) in [4.78, 5) is 47.6. The number of benzene rings is 1. The molecule has 0 atom stereocenters. The van der Waals surface area contributed by atoms with Gasteiger partial charge in [-0.3, -0.25) is 14.5 Å². The molecule has 0 saturated carbocycles. The van der Waals surface area contributed by atoms with Crippen molar-refractivity contribution in [3.05, 3.63) is 36.4 Å². The van der Waals surface area contributed by atoms with E-state index in [9.17, 15) is 14.4 Å². The summed E-state index contributed by atoms with van der Waals surface area (Å²) >= 11 is 0. The number of carbonyl (C=O) groups is 3. The van der Waals surface area contributed by atoms with E-state index in [0.717, 1.165) is 34.6 Å². The summed E-state index contributed by atoms with van der Waals surface area (Å²) in [7, 11) is 1.56. The molecule has 1 aromatic heterocycles. The van der Waals surface area contributed by atoms with Crippen LogP contribution < -0.4 is 4.90 Å². The Labute approximate surface area is 163 Å². The second-order valence-electron chi connectivity index (χ2n) is 7.20. The van der Waals surface area contributed by atoms with Crippen LogP contribution in [0.5, 0.6) is 0 Å². The van der Waals surface area contributed by atoms with Crippen LogP contribution in [0.2, 0.25) is 0 Å². The molecule has 146 valence electrons. The van der Waals surface area contributed by atoms with E-state index < -0.39 is 6.03 Å². The van der Waals surface area contributed by atoms with Crippen molar-refractivity contribution in [2.75, 3.05) is 51.2 Å². The molecule has 3 heterocycles. The Kier molecular flexibility index (Phi) is 4.85. The highest BCUT2D eigenvalue weighted by atomic mass is 16.2. The first kappa shape index (κ1) is 18.2. The van der Waals surface area contributed by atoms with Gasteiger partial charge in [0.15, 0.2) is 0 Å². The Hall–Kier alpha value is -3.16. The van der Waals surface area contributed by atoms with Crippen molar-refractivity contribution >= 4 is 34.6 Å². The van der Waals surface area contributed by atoms with Crippen LogP contribution in [0.3, 0.4) is 0 Å². The third-order valence-electron chi connectivity index (χ3n) is 5.28. The number of carbonyl (C=O) groups excluding carboxylic acids is 3. The van der Waals surface area contributed by atoms with Gasteiger partial charge >= 0.3 is 6.03 Å². The molecule has 0 spiro atoms. The quantitative estimate of drug-likeness (QED) is 0.746. The van der Waals surface area contributed by atoms with Gasteiger partial charge in [-0.2, -0.15) is 0 Å². The molecule has 2 saturated heterocycles. The highest BCUT2D eigenvalue weighted by Gasteiger charge is 2.35. The van der Waals surface area contributed by atoms with Gasteiger partial charge < -0.3 is 14.7 Å². The zero-order valence-electron chi connectivity index (χ0n) is 15.9. The summed E-state index contributed by atoms with van der Waals surface area (Å²) in [6.07, 6.45) is 0.808. The Bertz CT molecular complexity index is 931. The molecular formula is C20H23N5O3. The lowest BCUT2D eigenvalue weighted by atomic mass is 10.2. The normalized spacial score (nSPS) is 18.2. The maximum atomic E-state index is 12.6. The third-order valence-corrected chi connectivity index (χ3v) is 5.28. The number of nitrogens with zero attached hydrogens (tertiary/aromatic N) is 5. The van der Waals surface area contributed by atoms with Crippen LogP contribution in [-0.2, 0) is 9.59 Å². The highest BCUT2D eigenvalue weighted by Crippen LogP contribution is 2.19. The minimum absolute atomic E-state index is 0.0352. The van der Waals surface area contributed by atoms with E-state index in [1.807, 2.05) is 30.3 Å². The molecule has 0 radical (unpaired) electrons. The van der Waals surface area contributed by atoms with Crippen molar-refractivity contribution < 1.29 is 14.4 Å². The molecule has 0 unspecified atom stereocenters. The van der Waals surface area contributed by atoms with E-state index in [4.69, 9.17) is 4.98 Å². The third kappa shape index (κ3) is 3.49. The van der Waals surface area contributed by atoms with Crippen LogP contribution in [0.25, 0.3) is 10.9 Å². The van der Waals surface area contributed by atoms with Gasteiger partial charge in [0.05, 0.1) is 5.52 Å². The second kappa shape index (κ2) is 7.46. The molecule has 4 rings (SSSR count). The standard InChI is InChI=1S/C20H23N5O3/c1-22-13-19(27)25(20(22)28)14-18(26)24-10-4-9-23(11-12-24)17-8-7-15-5-2-3-6-16(15)21-17/h2-3,5-8H,4,9-14H2,1H3. The fourth-order valence-electron chi connectivity index (χ4n) is 3.69. The lowest BCUT2D eigenvalue weighted by Gasteiger charge is -2.24. The van der Waals surface area contributed by atoms with Gasteiger partial charge in [0.2, 0.25) is 5.91 Å². The summed E-state index contributed by atoms with van der Waals surface area (Å²) < 4.78 is 0. The number of hydrogen-bond donors (Lipinski definition) is 0. The first-order valence-corrected chi connectivity index (χ1v) is 9.47. The molecule has 4 amide bonds. The Morgan fingerprint density at radius 1 is 1.04 bits per heavy atom. The SMILES string of the molecule is CN1CC(=O)N(CC(=O)N2CCCN(c3ccc4ccccc4n3)CC2)C1=O. The molecule has 1 aromatic carbocycles. The lowest BCUT2D eigenvalue weighted by molar-refractivity contribution is -0.136. The number of urea groups is 1. The number of hydrogen-bond acceptors (Lipinski definition) is 5. The predicted octanol–water partition coefficient (Wildman–Crippen LogP) is 1.17. The molecular weight excluding hydrogens is 358 g/mol. The fourth-order valence-corrected chi connectivity index (χ4v) is 3.69. The van der Waals surface area contributed by atoms with Crippen LogP contribution in [0.1, 0.15) is 6.42 Å². The first-order chi connectivity index (χ1) is 13.5. The van der Waals surface area contributed by atoms with Crippen molar-refractivity contribution in [3.63, 3.8) is 0 Å². The van der Waals surface area contributed by atoms with Crippen LogP contribution in [0, 0.1) is 0 Å². The van der Waals surface area contributed by atoms with Crippen molar-refractivity contribution in [1.29, 1.82) is 0 Å². The van der Waals surface area contributed by atoms with Crippen LogP contribution >= 0.6 is 0 Å². The maximum Gasteiger partial charge on any atom is 0.327 e. The number of pyridine rings is 1. The zero-order valence-corrected chi connectivity index (χ0v) is 15.9. The molecule has 2 aliphatic rings. The van der Waals surface area contributed by atoms with Gasteiger partial charge in [0.25, 0.3) is 5.91 Å². The number of aromatic nitrogens is 1. The van der Waals surface area contributed by atoms with Crippen molar-refractivity contribution in [2.45, 2.75) is 6.42 Å². The van der Waals surface area contributed by atoms with E-state index >= 15 is 0 Å². The van der Waals surface area contributed by atoms with Gasteiger partial charge in [-0.25, -0.2) is 9.78 Å². The molecule has 2 aliphatic heterocycles.